The zero-order valence-corrected chi connectivity index (χ0v) is 11.0. The van der Waals surface area contributed by atoms with Crippen LogP contribution < -0.4 is 5.32 Å². The minimum Gasteiger partial charge on any atom is -0.310 e. The highest BCUT2D eigenvalue weighted by Crippen LogP contribution is 2.23. The summed E-state index contributed by atoms with van der Waals surface area (Å²) in [6.45, 7) is 3.30. The van der Waals surface area contributed by atoms with E-state index in [0.29, 0.717) is 6.04 Å². The van der Waals surface area contributed by atoms with Crippen molar-refractivity contribution >= 4 is 5.52 Å². The molecule has 3 rings (SSSR count). The van der Waals surface area contributed by atoms with Gasteiger partial charge >= 0.3 is 0 Å². The van der Waals surface area contributed by atoms with Gasteiger partial charge in [-0.05, 0) is 30.9 Å². The van der Waals surface area contributed by atoms with Crippen LogP contribution in [0.2, 0.25) is 0 Å². The van der Waals surface area contributed by atoms with Crippen molar-refractivity contribution in [2.24, 2.45) is 5.92 Å². The average Bonchev–Trinajstić information content (AvgIpc) is 2.80. The Hall–Kier alpha value is -1.35. The predicted molar refractivity (Wildman–Crippen MR) is 73.5 cm³/mol. The second-order valence-electron chi connectivity index (χ2n) is 5.55. The molecular formula is C15H21N3. The molecule has 0 bridgehead atoms. The summed E-state index contributed by atoms with van der Waals surface area (Å²) in [6, 6.07) is 6.91. The van der Waals surface area contributed by atoms with E-state index >= 15 is 0 Å². The van der Waals surface area contributed by atoms with Crippen molar-refractivity contribution in [2.75, 3.05) is 0 Å². The van der Waals surface area contributed by atoms with Crippen LogP contribution in [-0.4, -0.2) is 15.7 Å². The molecule has 2 aromatic rings. The van der Waals surface area contributed by atoms with Crippen LogP contribution in [0.3, 0.4) is 0 Å². The van der Waals surface area contributed by atoms with Crippen LogP contribution in [0, 0.1) is 5.92 Å². The molecule has 0 saturated heterocycles. The highest BCUT2D eigenvalue weighted by Gasteiger charge is 2.18. The molecule has 2 heterocycles. The van der Waals surface area contributed by atoms with Gasteiger partial charge < -0.3 is 5.32 Å². The Bertz CT molecular complexity index is 517. The van der Waals surface area contributed by atoms with Crippen LogP contribution in [0.1, 0.15) is 38.2 Å². The Kier molecular flexibility index (Phi) is 3.33. The Balaban J connectivity index is 1.66. The van der Waals surface area contributed by atoms with Crippen LogP contribution >= 0.6 is 0 Å². The first-order valence-corrected chi connectivity index (χ1v) is 6.97. The fourth-order valence-electron chi connectivity index (χ4n) is 3.00. The number of nitrogens with zero attached hydrogens (tertiary/aromatic N) is 2. The lowest BCUT2D eigenvalue weighted by atomic mass is 9.87. The van der Waals surface area contributed by atoms with E-state index in [1.807, 2.05) is 23.0 Å². The Morgan fingerprint density at radius 1 is 1.39 bits per heavy atom. The molecule has 0 spiro atoms. The van der Waals surface area contributed by atoms with Crippen LogP contribution in [-0.2, 0) is 6.54 Å². The number of aromatic nitrogens is 2. The fraction of sp³-hybridized carbons (Fsp3) is 0.533. The number of hydrogen-bond acceptors (Lipinski definition) is 2. The summed E-state index contributed by atoms with van der Waals surface area (Å²) < 4.78 is 1.94. The smallest absolute Gasteiger partial charge is 0.0706 e. The van der Waals surface area contributed by atoms with Gasteiger partial charge in [-0.3, -0.25) is 0 Å². The third-order valence-electron chi connectivity index (χ3n) is 4.02. The largest absolute Gasteiger partial charge is 0.310 e. The van der Waals surface area contributed by atoms with E-state index in [9.17, 15) is 0 Å². The Morgan fingerprint density at radius 3 is 3.22 bits per heavy atom. The molecule has 0 amide bonds. The van der Waals surface area contributed by atoms with Gasteiger partial charge in [-0.25, -0.2) is 4.52 Å². The first-order valence-electron chi connectivity index (χ1n) is 6.97. The molecule has 96 valence electrons. The molecule has 3 nitrogen and oxygen atoms in total. The lowest BCUT2D eigenvalue weighted by Gasteiger charge is -2.27. The van der Waals surface area contributed by atoms with E-state index in [0.717, 1.165) is 12.5 Å². The molecule has 0 radical (unpaired) electrons. The zero-order valence-electron chi connectivity index (χ0n) is 11.0. The molecule has 1 N–H and O–H groups in total. The van der Waals surface area contributed by atoms with E-state index in [2.05, 4.69) is 29.5 Å². The molecule has 1 aliphatic carbocycles. The third kappa shape index (κ3) is 2.41. The van der Waals surface area contributed by atoms with Crippen molar-refractivity contribution in [3.63, 3.8) is 0 Å². The lowest BCUT2D eigenvalue weighted by molar-refractivity contribution is 0.301. The number of hydrogen-bond donors (Lipinski definition) is 1. The van der Waals surface area contributed by atoms with Crippen molar-refractivity contribution in [1.82, 2.24) is 14.9 Å². The van der Waals surface area contributed by atoms with Crippen molar-refractivity contribution in [1.29, 1.82) is 0 Å². The van der Waals surface area contributed by atoms with Crippen LogP contribution in [0.4, 0.5) is 0 Å². The van der Waals surface area contributed by atoms with Gasteiger partial charge in [0.15, 0.2) is 0 Å². The first-order chi connectivity index (χ1) is 8.83. The van der Waals surface area contributed by atoms with Gasteiger partial charge in [0, 0.05) is 24.3 Å². The van der Waals surface area contributed by atoms with E-state index in [1.54, 1.807) is 0 Å². The molecule has 0 aliphatic heterocycles. The lowest BCUT2D eigenvalue weighted by Crippen LogP contribution is -2.33. The zero-order chi connectivity index (χ0) is 12.4. The van der Waals surface area contributed by atoms with Gasteiger partial charge in [-0.1, -0.05) is 25.8 Å². The maximum absolute atomic E-state index is 4.37. The normalized spacial score (nSPS) is 24.5. The molecule has 2 atom stereocenters. The minimum absolute atomic E-state index is 0.687. The molecule has 3 heteroatoms. The number of rotatable bonds is 3. The van der Waals surface area contributed by atoms with Crippen molar-refractivity contribution in [3.05, 3.63) is 36.2 Å². The summed E-state index contributed by atoms with van der Waals surface area (Å²) >= 11 is 0. The van der Waals surface area contributed by atoms with Gasteiger partial charge in [-0.2, -0.15) is 5.10 Å². The number of pyridine rings is 1. The predicted octanol–water partition coefficient (Wildman–Crippen LogP) is 3.00. The van der Waals surface area contributed by atoms with E-state index in [4.69, 9.17) is 0 Å². The summed E-state index contributed by atoms with van der Waals surface area (Å²) in [5.74, 6) is 0.875. The van der Waals surface area contributed by atoms with Crippen LogP contribution in [0.15, 0.2) is 30.6 Å². The minimum atomic E-state index is 0.687. The molecule has 18 heavy (non-hydrogen) atoms. The molecule has 1 aliphatic rings. The number of nitrogens with one attached hydrogen (secondary N) is 1. The SMILES string of the molecule is CC1CCCC(NCc2cnn3ccccc23)C1. The van der Waals surface area contributed by atoms with Gasteiger partial charge in [0.2, 0.25) is 0 Å². The topological polar surface area (TPSA) is 29.3 Å². The quantitative estimate of drug-likeness (QED) is 0.898. The van der Waals surface area contributed by atoms with Crippen molar-refractivity contribution in [2.45, 2.75) is 45.2 Å². The van der Waals surface area contributed by atoms with Crippen LogP contribution in [0.5, 0.6) is 0 Å². The summed E-state index contributed by atoms with van der Waals surface area (Å²) in [7, 11) is 0. The standard InChI is InChI=1S/C15H21N3/c1-12-5-4-6-14(9-12)16-10-13-11-17-18-8-3-2-7-15(13)18/h2-3,7-8,11-12,14,16H,4-6,9-10H2,1H3. The highest BCUT2D eigenvalue weighted by molar-refractivity contribution is 5.53. The summed E-state index contributed by atoms with van der Waals surface area (Å²) in [4.78, 5) is 0. The van der Waals surface area contributed by atoms with Gasteiger partial charge in [-0.15, -0.1) is 0 Å². The highest BCUT2D eigenvalue weighted by atomic mass is 15.2. The summed E-state index contributed by atoms with van der Waals surface area (Å²) in [5.41, 5.74) is 2.52. The third-order valence-corrected chi connectivity index (χ3v) is 4.02. The Labute approximate surface area is 108 Å². The average molecular weight is 243 g/mol. The monoisotopic (exact) mass is 243 g/mol. The van der Waals surface area contributed by atoms with E-state index < -0.39 is 0 Å². The summed E-state index contributed by atoms with van der Waals surface area (Å²) in [5, 5.41) is 8.07. The molecule has 0 aromatic carbocycles. The summed E-state index contributed by atoms with van der Waals surface area (Å²) in [6.07, 6.45) is 9.39. The van der Waals surface area contributed by atoms with Gasteiger partial charge in [0.05, 0.1) is 11.7 Å². The molecule has 1 fully saturated rings. The second-order valence-corrected chi connectivity index (χ2v) is 5.55. The van der Waals surface area contributed by atoms with Crippen molar-refractivity contribution in [3.8, 4) is 0 Å². The maximum atomic E-state index is 4.37. The fourth-order valence-corrected chi connectivity index (χ4v) is 3.00. The Morgan fingerprint density at radius 2 is 2.33 bits per heavy atom. The molecule has 1 saturated carbocycles. The van der Waals surface area contributed by atoms with Gasteiger partial charge in [0.1, 0.15) is 0 Å². The van der Waals surface area contributed by atoms with Crippen LogP contribution in [0.25, 0.3) is 5.52 Å². The number of fused-ring (bicyclic) bond motifs is 1. The first kappa shape index (κ1) is 11.7. The second kappa shape index (κ2) is 5.11. The van der Waals surface area contributed by atoms with E-state index in [1.165, 1.54) is 36.8 Å². The molecular weight excluding hydrogens is 222 g/mol. The maximum Gasteiger partial charge on any atom is 0.0706 e. The van der Waals surface area contributed by atoms with Crippen molar-refractivity contribution < 1.29 is 0 Å². The van der Waals surface area contributed by atoms with E-state index in [-0.39, 0.29) is 0 Å². The molecule has 2 unspecified atom stereocenters. The molecule has 2 aromatic heterocycles. The van der Waals surface area contributed by atoms with Gasteiger partial charge in [0.25, 0.3) is 0 Å².